The van der Waals surface area contributed by atoms with E-state index in [1.54, 1.807) is 0 Å². The highest BCUT2D eigenvalue weighted by atomic mass is 13.9. The summed E-state index contributed by atoms with van der Waals surface area (Å²) >= 11 is 0. The van der Waals surface area contributed by atoms with Gasteiger partial charge in [-0.1, -0.05) is 31.6 Å². The fourth-order valence-corrected chi connectivity index (χ4v) is 0.865. The maximum Gasteiger partial charge on any atom is -0.0144 e. The molecule has 0 unspecified atom stereocenters. The molecule has 0 heteroatoms. The van der Waals surface area contributed by atoms with E-state index in [4.69, 9.17) is 0 Å². The van der Waals surface area contributed by atoms with E-state index in [2.05, 4.69) is 33.4 Å². The van der Waals surface area contributed by atoms with Gasteiger partial charge in [-0.2, -0.15) is 0 Å². The highest BCUT2D eigenvalue weighted by Crippen LogP contribution is 2.04. The van der Waals surface area contributed by atoms with E-state index in [-0.39, 0.29) is 0 Å². The Morgan fingerprint density at radius 3 is 2.44 bits per heavy atom. The zero-order valence-electron chi connectivity index (χ0n) is 6.65. The average Bonchev–Trinajstić information content (AvgIpc) is 1.63. The molecule has 0 aliphatic rings. The standard InChI is InChI=1S/C9H16/c1-5-6-9(4)7-8(2)3/h5,7-8H,1,6H2,2-4H3/b9-7+. The molecule has 0 atom stereocenters. The van der Waals surface area contributed by atoms with E-state index < -0.39 is 0 Å². The summed E-state index contributed by atoms with van der Waals surface area (Å²) < 4.78 is 0. The van der Waals surface area contributed by atoms with Crippen LogP contribution in [0.15, 0.2) is 24.3 Å². The highest BCUT2D eigenvalue weighted by Gasteiger charge is 1.87. The van der Waals surface area contributed by atoms with Crippen LogP contribution in [-0.4, -0.2) is 0 Å². The molecule has 0 nitrogen and oxygen atoms in total. The van der Waals surface area contributed by atoms with Crippen molar-refractivity contribution in [2.24, 2.45) is 5.92 Å². The fourth-order valence-electron chi connectivity index (χ4n) is 0.865. The van der Waals surface area contributed by atoms with Crippen molar-refractivity contribution in [2.75, 3.05) is 0 Å². The Hall–Kier alpha value is -0.520. The summed E-state index contributed by atoms with van der Waals surface area (Å²) in [5.74, 6) is 0.671. The van der Waals surface area contributed by atoms with Crippen molar-refractivity contribution < 1.29 is 0 Å². The zero-order chi connectivity index (χ0) is 7.28. The monoisotopic (exact) mass is 124 g/mol. The van der Waals surface area contributed by atoms with E-state index >= 15 is 0 Å². The Morgan fingerprint density at radius 2 is 2.11 bits per heavy atom. The van der Waals surface area contributed by atoms with E-state index in [1.807, 2.05) is 6.08 Å². The molecule has 0 saturated carbocycles. The van der Waals surface area contributed by atoms with Gasteiger partial charge < -0.3 is 0 Å². The fraction of sp³-hybridized carbons (Fsp3) is 0.556. The highest BCUT2D eigenvalue weighted by molar-refractivity contribution is 5.03. The Labute approximate surface area is 58.3 Å². The second-order valence-corrected chi connectivity index (χ2v) is 2.75. The SMILES string of the molecule is C=CC/C(C)=C/C(C)C. The normalized spacial score (nSPS) is 12.2. The molecule has 0 aliphatic heterocycles. The number of hydrogen-bond donors (Lipinski definition) is 0. The zero-order valence-corrected chi connectivity index (χ0v) is 6.65. The van der Waals surface area contributed by atoms with E-state index in [0.717, 1.165) is 6.42 Å². The average molecular weight is 124 g/mol. The third-order valence-corrected chi connectivity index (χ3v) is 1.08. The predicted octanol–water partition coefficient (Wildman–Crippen LogP) is 3.16. The quantitative estimate of drug-likeness (QED) is 0.507. The second kappa shape index (κ2) is 4.37. The van der Waals surface area contributed by atoms with Crippen molar-refractivity contribution in [1.82, 2.24) is 0 Å². The van der Waals surface area contributed by atoms with Gasteiger partial charge in [0, 0.05) is 0 Å². The molecule has 0 rings (SSSR count). The van der Waals surface area contributed by atoms with E-state index in [1.165, 1.54) is 5.57 Å². The molecule has 0 aromatic rings. The summed E-state index contributed by atoms with van der Waals surface area (Å²) in [5, 5.41) is 0. The summed E-state index contributed by atoms with van der Waals surface area (Å²) in [6.45, 7) is 10.2. The first-order valence-electron chi connectivity index (χ1n) is 3.45. The summed E-state index contributed by atoms with van der Waals surface area (Å²) in [4.78, 5) is 0. The summed E-state index contributed by atoms with van der Waals surface area (Å²) in [7, 11) is 0. The van der Waals surface area contributed by atoms with Crippen LogP contribution in [0.5, 0.6) is 0 Å². The molecule has 0 bridgehead atoms. The van der Waals surface area contributed by atoms with Gasteiger partial charge in [0.25, 0.3) is 0 Å². The Kier molecular flexibility index (Phi) is 4.12. The van der Waals surface area contributed by atoms with Crippen molar-refractivity contribution in [2.45, 2.75) is 27.2 Å². The minimum Gasteiger partial charge on any atom is -0.103 e. The third-order valence-electron chi connectivity index (χ3n) is 1.08. The van der Waals surface area contributed by atoms with Gasteiger partial charge >= 0.3 is 0 Å². The van der Waals surface area contributed by atoms with Crippen molar-refractivity contribution in [3.05, 3.63) is 24.3 Å². The van der Waals surface area contributed by atoms with Crippen LogP contribution in [0.4, 0.5) is 0 Å². The van der Waals surface area contributed by atoms with Crippen LogP contribution in [0.2, 0.25) is 0 Å². The Balaban J connectivity index is 3.68. The molecule has 0 amide bonds. The minimum atomic E-state index is 0.671. The van der Waals surface area contributed by atoms with Gasteiger partial charge in [-0.25, -0.2) is 0 Å². The number of hydrogen-bond acceptors (Lipinski definition) is 0. The van der Waals surface area contributed by atoms with Crippen molar-refractivity contribution >= 4 is 0 Å². The van der Waals surface area contributed by atoms with Gasteiger partial charge in [-0.15, -0.1) is 6.58 Å². The number of rotatable bonds is 3. The topological polar surface area (TPSA) is 0 Å². The van der Waals surface area contributed by atoms with Crippen LogP contribution in [0, 0.1) is 5.92 Å². The van der Waals surface area contributed by atoms with Crippen LogP contribution in [0.1, 0.15) is 27.2 Å². The lowest BCUT2D eigenvalue weighted by Gasteiger charge is -1.97. The van der Waals surface area contributed by atoms with Gasteiger partial charge in [-0.3, -0.25) is 0 Å². The van der Waals surface area contributed by atoms with E-state index in [0.29, 0.717) is 5.92 Å². The lowest BCUT2D eigenvalue weighted by molar-refractivity contribution is 0.817. The first-order chi connectivity index (χ1) is 4.16. The smallest absolute Gasteiger partial charge is 0.0144 e. The van der Waals surface area contributed by atoms with Gasteiger partial charge in [0.2, 0.25) is 0 Å². The molecule has 0 saturated heterocycles. The van der Waals surface area contributed by atoms with Crippen molar-refractivity contribution in [1.29, 1.82) is 0 Å². The Morgan fingerprint density at radius 1 is 1.56 bits per heavy atom. The van der Waals surface area contributed by atoms with Gasteiger partial charge in [0.15, 0.2) is 0 Å². The molecule has 9 heavy (non-hydrogen) atoms. The molecule has 0 N–H and O–H groups in total. The first kappa shape index (κ1) is 8.48. The minimum absolute atomic E-state index is 0.671. The molecule has 0 heterocycles. The molecule has 0 fully saturated rings. The summed E-state index contributed by atoms with van der Waals surface area (Å²) in [6.07, 6.45) is 5.23. The first-order valence-corrected chi connectivity index (χ1v) is 3.45. The van der Waals surface area contributed by atoms with Crippen LogP contribution in [0.3, 0.4) is 0 Å². The lowest BCUT2D eigenvalue weighted by atomic mass is 10.1. The predicted molar refractivity (Wildman–Crippen MR) is 43.4 cm³/mol. The molecule has 52 valence electrons. The second-order valence-electron chi connectivity index (χ2n) is 2.75. The third kappa shape index (κ3) is 5.35. The molecule has 0 aromatic heterocycles. The molecule has 0 aromatic carbocycles. The largest absolute Gasteiger partial charge is 0.103 e. The van der Waals surface area contributed by atoms with Gasteiger partial charge in [0.1, 0.15) is 0 Å². The van der Waals surface area contributed by atoms with Crippen LogP contribution in [-0.2, 0) is 0 Å². The Bertz CT molecular complexity index is 107. The molecule has 0 aliphatic carbocycles. The molecular formula is C9H16. The maximum atomic E-state index is 3.67. The van der Waals surface area contributed by atoms with Gasteiger partial charge in [-0.05, 0) is 19.3 Å². The van der Waals surface area contributed by atoms with Crippen molar-refractivity contribution in [3.63, 3.8) is 0 Å². The van der Waals surface area contributed by atoms with Crippen molar-refractivity contribution in [3.8, 4) is 0 Å². The summed E-state index contributed by atoms with van der Waals surface area (Å²) in [6, 6.07) is 0. The molecule has 0 radical (unpaired) electrons. The molecule has 0 spiro atoms. The van der Waals surface area contributed by atoms with Crippen LogP contribution in [0.25, 0.3) is 0 Å². The van der Waals surface area contributed by atoms with Gasteiger partial charge in [0.05, 0.1) is 0 Å². The molecular weight excluding hydrogens is 108 g/mol. The lowest BCUT2D eigenvalue weighted by Crippen LogP contribution is -1.81. The van der Waals surface area contributed by atoms with Crippen LogP contribution >= 0.6 is 0 Å². The maximum absolute atomic E-state index is 3.67. The van der Waals surface area contributed by atoms with Crippen LogP contribution < -0.4 is 0 Å². The number of allylic oxidation sites excluding steroid dienone is 3. The van der Waals surface area contributed by atoms with E-state index in [9.17, 15) is 0 Å². The summed E-state index contributed by atoms with van der Waals surface area (Å²) in [5.41, 5.74) is 1.42.